The van der Waals surface area contributed by atoms with Gasteiger partial charge in [0.2, 0.25) is 5.95 Å². The summed E-state index contributed by atoms with van der Waals surface area (Å²) in [5, 5.41) is 14.3. The highest BCUT2D eigenvalue weighted by atomic mass is 16.3. The molecule has 2 heterocycles. The Morgan fingerprint density at radius 3 is 2.34 bits per heavy atom. The molecular weight excluding hydrogens is 474 g/mol. The molecule has 0 spiro atoms. The van der Waals surface area contributed by atoms with E-state index in [0.717, 1.165) is 71.8 Å². The minimum Gasteiger partial charge on any atom is -0.507 e. The Hall–Kier alpha value is -4.23. The van der Waals surface area contributed by atoms with Crippen molar-refractivity contribution < 1.29 is 9.90 Å². The Bertz CT molecular complexity index is 1470. The third-order valence-electron chi connectivity index (χ3n) is 7.07. The molecule has 1 aliphatic rings. The number of aryl methyl sites for hydroxylation is 2. The van der Waals surface area contributed by atoms with Gasteiger partial charge < -0.3 is 20.2 Å². The molecule has 1 fully saturated rings. The fourth-order valence-corrected chi connectivity index (χ4v) is 4.83. The van der Waals surface area contributed by atoms with Gasteiger partial charge >= 0.3 is 0 Å². The average molecular weight is 508 g/mol. The van der Waals surface area contributed by atoms with Crippen LogP contribution in [0.2, 0.25) is 0 Å². The number of phenols is 1. The van der Waals surface area contributed by atoms with E-state index in [2.05, 4.69) is 28.1 Å². The number of aromatic hydroxyl groups is 1. The molecule has 0 aliphatic carbocycles. The van der Waals surface area contributed by atoms with Gasteiger partial charge in [0.15, 0.2) is 5.78 Å². The maximum absolute atomic E-state index is 12.7. The van der Waals surface area contributed by atoms with Crippen molar-refractivity contribution in [3.05, 3.63) is 89.0 Å². The van der Waals surface area contributed by atoms with E-state index in [1.165, 1.54) is 0 Å². The van der Waals surface area contributed by atoms with Crippen molar-refractivity contribution >= 4 is 40.2 Å². The van der Waals surface area contributed by atoms with Crippen LogP contribution in [0, 0.1) is 13.8 Å². The second kappa shape index (κ2) is 11.0. The molecular formula is C31H33N5O2. The number of likely N-dealkylation sites (N-methyl/N-ethyl adjacent to an activating group) is 1. The molecule has 0 radical (unpaired) electrons. The zero-order valence-corrected chi connectivity index (χ0v) is 22.1. The number of fused-ring (bicyclic) bond motifs is 1. The highest BCUT2D eigenvalue weighted by Crippen LogP contribution is 2.28. The monoisotopic (exact) mass is 507 g/mol. The van der Waals surface area contributed by atoms with Gasteiger partial charge in [0.05, 0.1) is 5.52 Å². The summed E-state index contributed by atoms with van der Waals surface area (Å²) in [5.74, 6) is 1.69. The van der Waals surface area contributed by atoms with Gasteiger partial charge in [-0.25, -0.2) is 4.98 Å². The SMILES string of the molecule is CCN1CCN(c2nc(Nc3ccc(C(=O)/C=C/c4cc(C)c(O)c(C)c4)cc3)nc3ccccc23)CC1. The summed E-state index contributed by atoms with van der Waals surface area (Å²) in [6.45, 7) is 10.9. The van der Waals surface area contributed by atoms with E-state index in [1.54, 1.807) is 24.3 Å². The number of anilines is 3. The molecule has 5 rings (SSSR count). The number of piperazine rings is 1. The third kappa shape index (κ3) is 5.53. The summed E-state index contributed by atoms with van der Waals surface area (Å²) in [6, 6.07) is 19.2. The van der Waals surface area contributed by atoms with E-state index in [-0.39, 0.29) is 11.5 Å². The first-order valence-corrected chi connectivity index (χ1v) is 13.0. The number of rotatable bonds is 7. The van der Waals surface area contributed by atoms with Crippen LogP contribution in [0.3, 0.4) is 0 Å². The second-order valence-corrected chi connectivity index (χ2v) is 9.71. The Kier molecular flexibility index (Phi) is 7.38. The van der Waals surface area contributed by atoms with Gasteiger partial charge in [-0.05, 0) is 91.7 Å². The number of ketones is 1. The van der Waals surface area contributed by atoms with Crippen LogP contribution in [0.1, 0.15) is 34.0 Å². The maximum atomic E-state index is 12.7. The number of nitrogens with one attached hydrogen (secondary N) is 1. The van der Waals surface area contributed by atoms with E-state index in [4.69, 9.17) is 9.97 Å². The lowest BCUT2D eigenvalue weighted by Gasteiger charge is -2.35. The molecule has 1 aliphatic heterocycles. The molecule has 3 aromatic carbocycles. The topological polar surface area (TPSA) is 81.6 Å². The zero-order chi connectivity index (χ0) is 26.6. The van der Waals surface area contributed by atoms with Gasteiger partial charge in [0.25, 0.3) is 0 Å². The molecule has 0 atom stereocenters. The van der Waals surface area contributed by atoms with Crippen molar-refractivity contribution in [3.63, 3.8) is 0 Å². The molecule has 2 N–H and O–H groups in total. The van der Waals surface area contributed by atoms with Crippen LogP contribution in [-0.2, 0) is 0 Å². The fourth-order valence-electron chi connectivity index (χ4n) is 4.83. The summed E-state index contributed by atoms with van der Waals surface area (Å²) in [7, 11) is 0. The van der Waals surface area contributed by atoms with Crippen LogP contribution in [0.4, 0.5) is 17.5 Å². The number of hydrogen-bond acceptors (Lipinski definition) is 7. The van der Waals surface area contributed by atoms with E-state index in [1.807, 2.05) is 56.3 Å². The summed E-state index contributed by atoms with van der Waals surface area (Å²) in [6.07, 6.45) is 3.34. The van der Waals surface area contributed by atoms with Crippen molar-refractivity contribution in [1.82, 2.24) is 14.9 Å². The van der Waals surface area contributed by atoms with Gasteiger partial charge in [-0.2, -0.15) is 4.98 Å². The number of aromatic nitrogens is 2. The van der Waals surface area contributed by atoms with Crippen molar-refractivity contribution in [2.24, 2.45) is 0 Å². The van der Waals surface area contributed by atoms with Gasteiger partial charge in [-0.15, -0.1) is 0 Å². The van der Waals surface area contributed by atoms with Crippen molar-refractivity contribution in [2.75, 3.05) is 42.9 Å². The van der Waals surface area contributed by atoms with Crippen molar-refractivity contribution in [2.45, 2.75) is 20.8 Å². The molecule has 1 saturated heterocycles. The molecule has 7 nitrogen and oxygen atoms in total. The van der Waals surface area contributed by atoms with Gasteiger partial charge in [-0.3, -0.25) is 4.79 Å². The summed E-state index contributed by atoms with van der Waals surface area (Å²) in [5.41, 5.74) is 4.75. The van der Waals surface area contributed by atoms with Crippen molar-refractivity contribution in [3.8, 4) is 5.75 Å². The minimum atomic E-state index is -0.0876. The number of phenolic OH excluding ortho intramolecular Hbond substituents is 1. The zero-order valence-electron chi connectivity index (χ0n) is 22.1. The average Bonchev–Trinajstić information content (AvgIpc) is 2.94. The highest BCUT2D eigenvalue weighted by molar-refractivity contribution is 6.07. The van der Waals surface area contributed by atoms with E-state index in [0.29, 0.717) is 11.5 Å². The first-order chi connectivity index (χ1) is 18.4. The first-order valence-electron chi connectivity index (χ1n) is 13.0. The standard InChI is InChI=1S/C31H33N5O2/c1-4-35-15-17-36(18-16-35)30-26-7-5-6-8-27(26)33-31(34-30)32-25-12-10-24(11-13-25)28(37)14-9-23-19-21(2)29(38)22(3)20-23/h5-14,19-20,38H,4,15-18H2,1-3H3,(H,32,33,34)/b14-9+. The Labute approximate surface area is 223 Å². The summed E-state index contributed by atoms with van der Waals surface area (Å²) >= 11 is 0. The lowest BCUT2D eigenvalue weighted by molar-refractivity contribution is 0.104. The number of carbonyl (C=O) groups is 1. The highest BCUT2D eigenvalue weighted by Gasteiger charge is 2.20. The Morgan fingerprint density at radius 1 is 0.974 bits per heavy atom. The van der Waals surface area contributed by atoms with Gasteiger partial charge in [-0.1, -0.05) is 25.1 Å². The van der Waals surface area contributed by atoms with Gasteiger partial charge in [0, 0.05) is 42.8 Å². The van der Waals surface area contributed by atoms with Crippen LogP contribution in [0.5, 0.6) is 5.75 Å². The molecule has 0 saturated carbocycles. The predicted octanol–water partition coefficient (Wildman–Crippen LogP) is 5.73. The van der Waals surface area contributed by atoms with E-state index < -0.39 is 0 Å². The number of benzene rings is 3. The smallest absolute Gasteiger partial charge is 0.229 e. The summed E-state index contributed by atoms with van der Waals surface area (Å²) in [4.78, 5) is 27.2. The predicted molar refractivity (Wildman–Crippen MR) is 155 cm³/mol. The van der Waals surface area contributed by atoms with Crippen LogP contribution >= 0.6 is 0 Å². The molecule has 4 aromatic rings. The largest absolute Gasteiger partial charge is 0.507 e. The number of allylic oxidation sites excluding steroid dienone is 1. The normalized spacial score (nSPS) is 14.3. The van der Waals surface area contributed by atoms with Crippen molar-refractivity contribution in [1.29, 1.82) is 0 Å². The fraction of sp³-hybridized carbons (Fsp3) is 0.258. The van der Waals surface area contributed by atoms with Crippen LogP contribution in [-0.4, -0.2) is 58.5 Å². The minimum absolute atomic E-state index is 0.0876. The lowest BCUT2D eigenvalue weighted by atomic mass is 10.0. The number of para-hydroxylation sites is 1. The lowest BCUT2D eigenvalue weighted by Crippen LogP contribution is -2.46. The van der Waals surface area contributed by atoms with E-state index in [9.17, 15) is 9.90 Å². The maximum Gasteiger partial charge on any atom is 0.229 e. The quantitative estimate of drug-likeness (QED) is 0.244. The Balaban J connectivity index is 1.32. The van der Waals surface area contributed by atoms with Crippen LogP contribution in [0.15, 0.2) is 66.7 Å². The number of carbonyl (C=O) groups excluding carboxylic acids is 1. The molecule has 0 bridgehead atoms. The number of nitrogens with zero attached hydrogens (tertiary/aromatic N) is 4. The van der Waals surface area contributed by atoms with Crippen LogP contribution < -0.4 is 10.2 Å². The molecule has 0 unspecified atom stereocenters. The molecule has 38 heavy (non-hydrogen) atoms. The summed E-state index contributed by atoms with van der Waals surface area (Å²) < 4.78 is 0. The number of hydrogen-bond donors (Lipinski definition) is 2. The molecule has 0 amide bonds. The van der Waals surface area contributed by atoms with Crippen LogP contribution in [0.25, 0.3) is 17.0 Å². The van der Waals surface area contributed by atoms with E-state index >= 15 is 0 Å². The second-order valence-electron chi connectivity index (χ2n) is 9.71. The molecule has 194 valence electrons. The molecule has 1 aromatic heterocycles. The Morgan fingerprint density at radius 2 is 1.66 bits per heavy atom. The van der Waals surface area contributed by atoms with Gasteiger partial charge in [0.1, 0.15) is 11.6 Å². The molecule has 7 heteroatoms. The third-order valence-corrected chi connectivity index (χ3v) is 7.07. The first kappa shape index (κ1) is 25.4.